The van der Waals surface area contributed by atoms with E-state index >= 15 is 0 Å². The molecule has 5 nitrogen and oxygen atoms in total. The van der Waals surface area contributed by atoms with Crippen molar-refractivity contribution in [3.63, 3.8) is 0 Å². The molecule has 0 unspecified atom stereocenters. The molecular weight excluding hydrogens is 300 g/mol. The second kappa shape index (κ2) is 5.20. The van der Waals surface area contributed by atoms with Crippen molar-refractivity contribution in [1.82, 2.24) is 15.2 Å². The van der Waals surface area contributed by atoms with Gasteiger partial charge in [0.1, 0.15) is 0 Å². The molecule has 0 spiro atoms. The quantitative estimate of drug-likeness (QED) is 0.579. The highest BCUT2D eigenvalue weighted by atomic mass is 35.5. The van der Waals surface area contributed by atoms with Crippen LogP contribution in [-0.2, 0) is 0 Å². The van der Waals surface area contributed by atoms with Gasteiger partial charge in [0.25, 0.3) is 5.89 Å². The van der Waals surface area contributed by atoms with Crippen molar-refractivity contribution in [2.75, 3.05) is 5.32 Å². The van der Waals surface area contributed by atoms with Crippen molar-refractivity contribution < 1.29 is 4.42 Å². The Labute approximate surface area is 130 Å². The van der Waals surface area contributed by atoms with Crippen LogP contribution in [-0.4, -0.2) is 15.2 Å². The van der Waals surface area contributed by atoms with Crippen molar-refractivity contribution in [3.8, 4) is 11.5 Å². The van der Waals surface area contributed by atoms with Gasteiger partial charge in [-0.15, -0.1) is 5.10 Å². The van der Waals surface area contributed by atoms with Gasteiger partial charge in [-0.25, -0.2) is 0 Å². The molecule has 2 heterocycles. The van der Waals surface area contributed by atoms with Crippen molar-refractivity contribution in [1.29, 1.82) is 0 Å². The summed E-state index contributed by atoms with van der Waals surface area (Å²) < 4.78 is 5.68. The first-order chi connectivity index (χ1) is 10.8. The minimum absolute atomic E-state index is 0.299. The summed E-state index contributed by atoms with van der Waals surface area (Å²) in [6, 6.07) is 15.6. The number of rotatable bonds is 3. The minimum atomic E-state index is 0.299. The molecule has 6 heteroatoms. The lowest BCUT2D eigenvalue weighted by Crippen LogP contribution is -1.90. The lowest BCUT2D eigenvalue weighted by Gasteiger charge is -2.02. The average molecular weight is 311 g/mol. The molecule has 2 aromatic carbocycles. The predicted octanol–water partition coefficient (Wildman–Crippen LogP) is 4.61. The van der Waals surface area contributed by atoms with Gasteiger partial charge in [0.15, 0.2) is 0 Å². The van der Waals surface area contributed by atoms with Crippen LogP contribution in [0.3, 0.4) is 0 Å². The fourth-order valence-electron chi connectivity index (χ4n) is 2.31. The summed E-state index contributed by atoms with van der Waals surface area (Å²) in [5.41, 5.74) is 2.62. The Bertz CT molecular complexity index is 944. The third-order valence-electron chi connectivity index (χ3n) is 3.36. The van der Waals surface area contributed by atoms with E-state index in [4.69, 9.17) is 16.0 Å². The van der Waals surface area contributed by atoms with Crippen molar-refractivity contribution >= 4 is 34.2 Å². The highest BCUT2D eigenvalue weighted by Crippen LogP contribution is 2.30. The van der Waals surface area contributed by atoms with Gasteiger partial charge in [-0.2, -0.15) is 0 Å². The molecule has 4 rings (SSSR count). The van der Waals surface area contributed by atoms with Crippen LogP contribution in [0.2, 0.25) is 5.02 Å². The summed E-state index contributed by atoms with van der Waals surface area (Å²) in [5.74, 6) is 0.451. The second-order valence-corrected chi connectivity index (χ2v) is 5.17. The molecule has 0 amide bonds. The van der Waals surface area contributed by atoms with E-state index in [9.17, 15) is 0 Å². The normalized spacial score (nSPS) is 11.0. The Morgan fingerprint density at radius 2 is 1.82 bits per heavy atom. The summed E-state index contributed by atoms with van der Waals surface area (Å²) in [7, 11) is 0. The van der Waals surface area contributed by atoms with E-state index in [-0.39, 0.29) is 0 Å². The number of aromatic nitrogens is 3. The monoisotopic (exact) mass is 310 g/mol. The average Bonchev–Trinajstić information content (AvgIpc) is 3.16. The third-order valence-corrected chi connectivity index (χ3v) is 3.69. The molecule has 108 valence electrons. The van der Waals surface area contributed by atoms with Gasteiger partial charge in [0.2, 0.25) is 0 Å². The first-order valence-corrected chi connectivity index (χ1v) is 7.10. The van der Waals surface area contributed by atoms with Gasteiger partial charge < -0.3 is 14.7 Å². The van der Waals surface area contributed by atoms with Crippen LogP contribution in [0.25, 0.3) is 22.4 Å². The maximum absolute atomic E-state index is 6.10. The molecule has 0 bridgehead atoms. The largest absolute Gasteiger partial charge is 0.403 e. The summed E-state index contributed by atoms with van der Waals surface area (Å²) >= 11 is 6.10. The number of para-hydroxylation sites is 2. The van der Waals surface area contributed by atoms with Gasteiger partial charge in [-0.1, -0.05) is 47.0 Å². The van der Waals surface area contributed by atoms with Crippen LogP contribution in [0.15, 0.2) is 59.1 Å². The lowest BCUT2D eigenvalue weighted by atomic mass is 10.2. The van der Waals surface area contributed by atoms with E-state index in [1.807, 2.05) is 48.7 Å². The summed E-state index contributed by atoms with van der Waals surface area (Å²) in [6.07, 6.45) is 1.86. The first-order valence-electron chi connectivity index (χ1n) is 6.73. The SMILES string of the molecule is Clc1ccccc1Nc1nnc(-c2c[nH]c3ccccc23)o1. The number of nitrogens with zero attached hydrogens (tertiary/aromatic N) is 2. The number of benzene rings is 2. The molecule has 4 aromatic rings. The standard InChI is InChI=1S/C16H11ClN4O/c17-12-6-2-4-8-14(12)19-16-21-20-15(22-16)11-9-18-13-7-3-1-5-10(11)13/h1-9,18H,(H,19,21). The molecule has 0 saturated heterocycles. The molecule has 0 aliphatic rings. The Morgan fingerprint density at radius 3 is 2.73 bits per heavy atom. The molecule has 0 fully saturated rings. The summed E-state index contributed by atoms with van der Waals surface area (Å²) in [4.78, 5) is 3.19. The Hall–Kier alpha value is -2.79. The van der Waals surface area contributed by atoms with E-state index in [0.717, 1.165) is 22.2 Å². The molecule has 2 N–H and O–H groups in total. The van der Waals surface area contributed by atoms with Gasteiger partial charge in [-0.3, -0.25) is 0 Å². The van der Waals surface area contributed by atoms with Crippen LogP contribution in [0.4, 0.5) is 11.7 Å². The number of aromatic amines is 1. The predicted molar refractivity (Wildman–Crippen MR) is 86.3 cm³/mol. The number of hydrogen-bond acceptors (Lipinski definition) is 4. The number of anilines is 2. The summed E-state index contributed by atoms with van der Waals surface area (Å²) in [6.45, 7) is 0. The molecule has 0 aliphatic carbocycles. The second-order valence-electron chi connectivity index (χ2n) is 4.77. The molecule has 2 aromatic heterocycles. The topological polar surface area (TPSA) is 66.7 Å². The van der Waals surface area contributed by atoms with Gasteiger partial charge >= 0.3 is 6.01 Å². The maximum atomic E-state index is 6.10. The smallest absolute Gasteiger partial charge is 0.320 e. The lowest BCUT2D eigenvalue weighted by molar-refractivity contribution is 0.588. The van der Waals surface area contributed by atoms with Crippen molar-refractivity contribution in [3.05, 3.63) is 59.8 Å². The van der Waals surface area contributed by atoms with E-state index in [1.54, 1.807) is 6.07 Å². The molecule has 22 heavy (non-hydrogen) atoms. The van der Waals surface area contributed by atoms with Crippen LogP contribution in [0.1, 0.15) is 0 Å². The summed E-state index contributed by atoms with van der Waals surface area (Å²) in [5, 5.41) is 12.8. The van der Waals surface area contributed by atoms with Crippen LogP contribution in [0, 0.1) is 0 Å². The molecule has 0 atom stereocenters. The zero-order chi connectivity index (χ0) is 14.9. The molecule has 0 saturated carbocycles. The van der Waals surface area contributed by atoms with E-state index < -0.39 is 0 Å². The Morgan fingerprint density at radius 1 is 1.00 bits per heavy atom. The molecule has 0 aliphatic heterocycles. The number of nitrogens with one attached hydrogen (secondary N) is 2. The van der Waals surface area contributed by atoms with Crippen LogP contribution < -0.4 is 5.32 Å². The van der Waals surface area contributed by atoms with Crippen molar-refractivity contribution in [2.24, 2.45) is 0 Å². The van der Waals surface area contributed by atoms with Crippen LogP contribution >= 0.6 is 11.6 Å². The highest BCUT2D eigenvalue weighted by molar-refractivity contribution is 6.33. The van der Waals surface area contributed by atoms with Gasteiger partial charge in [-0.05, 0) is 18.2 Å². The Balaban J connectivity index is 1.68. The number of halogens is 1. The highest BCUT2D eigenvalue weighted by Gasteiger charge is 2.13. The molecule has 0 radical (unpaired) electrons. The third kappa shape index (κ3) is 2.21. The zero-order valence-corrected chi connectivity index (χ0v) is 12.1. The Kier molecular flexibility index (Phi) is 3.05. The van der Waals surface area contributed by atoms with Gasteiger partial charge in [0, 0.05) is 17.1 Å². The van der Waals surface area contributed by atoms with E-state index in [1.165, 1.54) is 0 Å². The van der Waals surface area contributed by atoms with Crippen molar-refractivity contribution in [2.45, 2.75) is 0 Å². The first kappa shape index (κ1) is 12.9. The fraction of sp³-hybridized carbons (Fsp3) is 0. The number of hydrogen-bond donors (Lipinski definition) is 2. The maximum Gasteiger partial charge on any atom is 0.320 e. The van der Waals surface area contributed by atoms with Crippen LogP contribution in [0.5, 0.6) is 0 Å². The minimum Gasteiger partial charge on any atom is -0.403 e. The molecular formula is C16H11ClN4O. The fourth-order valence-corrected chi connectivity index (χ4v) is 2.49. The van der Waals surface area contributed by atoms with E-state index in [0.29, 0.717) is 16.9 Å². The number of H-pyrrole nitrogens is 1. The van der Waals surface area contributed by atoms with E-state index in [2.05, 4.69) is 20.5 Å². The zero-order valence-electron chi connectivity index (χ0n) is 11.4. The van der Waals surface area contributed by atoms with Gasteiger partial charge in [0.05, 0.1) is 16.3 Å². The number of fused-ring (bicyclic) bond motifs is 1.